The molecular weight excluding hydrogens is 333 g/mol. The van der Waals surface area contributed by atoms with E-state index in [-0.39, 0.29) is 16.5 Å². The van der Waals surface area contributed by atoms with Crippen molar-refractivity contribution in [3.63, 3.8) is 0 Å². The van der Waals surface area contributed by atoms with Crippen LogP contribution >= 0.6 is 11.6 Å². The molecule has 0 spiro atoms. The first-order valence-electron chi connectivity index (χ1n) is 7.53. The lowest BCUT2D eigenvalue weighted by molar-refractivity contribution is -0.126. The molecule has 0 saturated carbocycles. The Hall–Kier alpha value is -2.40. The first kappa shape index (κ1) is 16.5. The van der Waals surface area contributed by atoms with Gasteiger partial charge >= 0.3 is 5.97 Å². The van der Waals surface area contributed by atoms with Gasteiger partial charge < -0.3 is 9.64 Å². The summed E-state index contributed by atoms with van der Waals surface area (Å²) < 4.78 is 18.9. The van der Waals surface area contributed by atoms with Crippen LogP contribution < -0.4 is 4.90 Å². The molecule has 4 nitrogen and oxygen atoms in total. The Balaban J connectivity index is 1.75. The number of carbonyl (C=O) groups is 2. The van der Waals surface area contributed by atoms with E-state index in [0.29, 0.717) is 6.54 Å². The van der Waals surface area contributed by atoms with Gasteiger partial charge in [0.25, 0.3) is 5.91 Å². The van der Waals surface area contributed by atoms with Crippen molar-refractivity contribution >= 4 is 29.2 Å². The number of ether oxygens (including phenoxy) is 1. The molecule has 124 valence electrons. The highest BCUT2D eigenvalue weighted by Crippen LogP contribution is 2.28. The fraction of sp³-hybridized carbons (Fsp3) is 0.222. The van der Waals surface area contributed by atoms with Gasteiger partial charge in [-0.1, -0.05) is 35.9 Å². The first-order valence-corrected chi connectivity index (χ1v) is 7.91. The topological polar surface area (TPSA) is 46.6 Å². The molecule has 6 heteroatoms. The Bertz CT molecular complexity index is 788. The molecule has 0 bridgehead atoms. The van der Waals surface area contributed by atoms with Crippen molar-refractivity contribution in [2.75, 3.05) is 11.4 Å². The molecule has 2 aromatic rings. The average Bonchev–Trinajstić information content (AvgIpc) is 2.97. The van der Waals surface area contributed by atoms with Crippen LogP contribution in [0.4, 0.5) is 10.1 Å². The van der Waals surface area contributed by atoms with E-state index < -0.39 is 17.9 Å². The highest BCUT2D eigenvalue weighted by molar-refractivity contribution is 6.33. The van der Waals surface area contributed by atoms with Crippen molar-refractivity contribution in [3.05, 3.63) is 64.4 Å². The van der Waals surface area contributed by atoms with E-state index in [1.807, 2.05) is 24.3 Å². The number of rotatable bonds is 3. The summed E-state index contributed by atoms with van der Waals surface area (Å²) in [6, 6.07) is 11.5. The fourth-order valence-electron chi connectivity index (χ4n) is 2.75. The lowest BCUT2D eigenvalue weighted by Gasteiger charge is -2.22. The summed E-state index contributed by atoms with van der Waals surface area (Å²) in [5.41, 5.74) is 1.52. The molecule has 0 aromatic heterocycles. The Labute approximate surface area is 143 Å². The third kappa shape index (κ3) is 2.99. The van der Waals surface area contributed by atoms with Crippen LogP contribution in [0.1, 0.15) is 22.8 Å². The number of carbonyl (C=O) groups excluding carboxylic acids is 2. The zero-order chi connectivity index (χ0) is 17.3. The molecule has 24 heavy (non-hydrogen) atoms. The molecule has 3 rings (SSSR count). The van der Waals surface area contributed by atoms with Crippen LogP contribution in [0, 0.1) is 5.82 Å². The van der Waals surface area contributed by atoms with Crippen molar-refractivity contribution < 1.29 is 18.7 Å². The van der Waals surface area contributed by atoms with Crippen LogP contribution in [0.15, 0.2) is 42.5 Å². The lowest BCUT2D eigenvalue weighted by atomic mass is 10.2. The molecule has 0 unspecified atom stereocenters. The summed E-state index contributed by atoms with van der Waals surface area (Å²) in [6.45, 7) is 2.00. The van der Waals surface area contributed by atoms with Crippen molar-refractivity contribution in [1.82, 2.24) is 0 Å². The monoisotopic (exact) mass is 347 g/mol. The summed E-state index contributed by atoms with van der Waals surface area (Å²) in [5, 5.41) is -0.0498. The number of amides is 1. The van der Waals surface area contributed by atoms with Crippen molar-refractivity contribution in [2.45, 2.75) is 19.4 Å². The van der Waals surface area contributed by atoms with Gasteiger partial charge in [0.1, 0.15) is 11.4 Å². The number of halogens is 2. The van der Waals surface area contributed by atoms with Gasteiger partial charge in [0.2, 0.25) is 0 Å². The van der Waals surface area contributed by atoms with E-state index in [0.717, 1.165) is 23.7 Å². The number of hydrogen-bond donors (Lipinski definition) is 0. The highest BCUT2D eigenvalue weighted by Gasteiger charge is 2.30. The molecule has 1 heterocycles. The molecule has 1 atom stereocenters. The van der Waals surface area contributed by atoms with Crippen molar-refractivity contribution in [2.24, 2.45) is 0 Å². The molecule has 0 aliphatic carbocycles. The molecule has 1 aliphatic heterocycles. The van der Waals surface area contributed by atoms with Gasteiger partial charge in [0.15, 0.2) is 6.10 Å². The largest absolute Gasteiger partial charge is 0.449 e. The zero-order valence-corrected chi connectivity index (χ0v) is 13.7. The molecule has 1 amide bonds. The zero-order valence-electron chi connectivity index (χ0n) is 13.0. The van der Waals surface area contributed by atoms with Crippen LogP contribution in [0.3, 0.4) is 0 Å². The number of esters is 1. The number of fused-ring (bicyclic) bond motifs is 1. The van der Waals surface area contributed by atoms with Crippen molar-refractivity contribution in [3.8, 4) is 0 Å². The SMILES string of the molecule is C[C@H](OC(=O)c1c(F)cccc1Cl)C(=O)N1CCc2ccccc21. The highest BCUT2D eigenvalue weighted by atomic mass is 35.5. The predicted octanol–water partition coefficient (Wildman–Crippen LogP) is 3.61. The third-order valence-electron chi connectivity index (χ3n) is 3.95. The minimum Gasteiger partial charge on any atom is -0.449 e. The van der Waals surface area contributed by atoms with Gasteiger partial charge in [-0.15, -0.1) is 0 Å². The van der Waals surface area contributed by atoms with Gasteiger partial charge in [0.05, 0.1) is 5.02 Å². The molecule has 2 aromatic carbocycles. The Morgan fingerprint density at radius 2 is 1.96 bits per heavy atom. The van der Waals surface area contributed by atoms with E-state index in [9.17, 15) is 14.0 Å². The third-order valence-corrected chi connectivity index (χ3v) is 4.27. The van der Waals surface area contributed by atoms with E-state index >= 15 is 0 Å². The summed E-state index contributed by atoms with van der Waals surface area (Å²) in [6.07, 6.45) is -0.291. The standard InChI is InChI=1S/C18H15ClFNO3/c1-11(24-18(23)16-13(19)6-4-7-14(16)20)17(22)21-10-9-12-5-2-3-8-15(12)21/h2-8,11H,9-10H2,1H3/t11-/m0/s1. The lowest BCUT2D eigenvalue weighted by Crippen LogP contribution is -2.39. The van der Waals surface area contributed by atoms with Gasteiger partial charge in [-0.25, -0.2) is 9.18 Å². The number of benzene rings is 2. The first-order chi connectivity index (χ1) is 11.5. The van der Waals surface area contributed by atoms with E-state index in [2.05, 4.69) is 0 Å². The normalized spacial score (nSPS) is 14.2. The number of hydrogen-bond acceptors (Lipinski definition) is 3. The average molecular weight is 348 g/mol. The smallest absolute Gasteiger partial charge is 0.343 e. The maximum absolute atomic E-state index is 13.8. The molecule has 0 fully saturated rings. The van der Waals surface area contributed by atoms with Crippen molar-refractivity contribution in [1.29, 1.82) is 0 Å². The van der Waals surface area contributed by atoms with Crippen LogP contribution in [0.25, 0.3) is 0 Å². The summed E-state index contributed by atoms with van der Waals surface area (Å²) >= 11 is 5.85. The van der Waals surface area contributed by atoms with Crippen LogP contribution in [-0.2, 0) is 16.0 Å². The summed E-state index contributed by atoms with van der Waals surface area (Å²) in [5.74, 6) is -2.08. The van der Waals surface area contributed by atoms with Crippen LogP contribution in [0.5, 0.6) is 0 Å². The fourth-order valence-corrected chi connectivity index (χ4v) is 2.99. The predicted molar refractivity (Wildman–Crippen MR) is 88.8 cm³/mol. The van der Waals surface area contributed by atoms with Gasteiger partial charge in [-0.05, 0) is 37.1 Å². The maximum Gasteiger partial charge on any atom is 0.343 e. The second kappa shape index (κ2) is 6.61. The maximum atomic E-state index is 13.8. The number of anilines is 1. The molecule has 1 aliphatic rings. The molecular formula is C18H15ClFNO3. The molecule has 0 saturated heterocycles. The van der Waals surface area contributed by atoms with Gasteiger partial charge in [0, 0.05) is 12.2 Å². The van der Waals surface area contributed by atoms with Gasteiger partial charge in [-0.2, -0.15) is 0 Å². The number of nitrogens with zero attached hydrogens (tertiary/aromatic N) is 1. The molecule has 0 N–H and O–H groups in total. The second-order valence-electron chi connectivity index (χ2n) is 5.51. The molecule has 0 radical (unpaired) electrons. The Morgan fingerprint density at radius 3 is 2.71 bits per heavy atom. The second-order valence-corrected chi connectivity index (χ2v) is 5.92. The van der Waals surface area contributed by atoms with Gasteiger partial charge in [-0.3, -0.25) is 4.79 Å². The minimum absolute atomic E-state index is 0.0498. The number of para-hydroxylation sites is 1. The van der Waals surface area contributed by atoms with E-state index in [1.54, 1.807) is 4.90 Å². The quantitative estimate of drug-likeness (QED) is 0.797. The van der Waals surface area contributed by atoms with Crippen LogP contribution in [0.2, 0.25) is 5.02 Å². The van der Waals surface area contributed by atoms with Crippen LogP contribution in [-0.4, -0.2) is 24.5 Å². The summed E-state index contributed by atoms with van der Waals surface area (Å²) in [7, 11) is 0. The minimum atomic E-state index is -1.04. The Morgan fingerprint density at radius 1 is 1.21 bits per heavy atom. The van der Waals surface area contributed by atoms with E-state index in [1.165, 1.54) is 19.1 Å². The summed E-state index contributed by atoms with van der Waals surface area (Å²) in [4.78, 5) is 26.3. The Kier molecular flexibility index (Phi) is 4.53. The van der Waals surface area contributed by atoms with E-state index in [4.69, 9.17) is 16.3 Å².